The molecule has 1 aliphatic rings. The van der Waals surface area contributed by atoms with Crippen LogP contribution in [0.15, 0.2) is 22.7 Å². The quantitative estimate of drug-likeness (QED) is 0.898. The number of ether oxygens (including phenoxy) is 1. The molecule has 2 rings (SSSR count). The molecule has 1 saturated heterocycles. The van der Waals surface area contributed by atoms with E-state index in [1.54, 1.807) is 0 Å². The van der Waals surface area contributed by atoms with Gasteiger partial charge in [0.25, 0.3) is 0 Å². The smallest absolute Gasteiger partial charge is 0.0782 e. The molecule has 2 unspecified atom stereocenters. The lowest BCUT2D eigenvalue weighted by Crippen LogP contribution is -2.32. The molecule has 1 aromatic carbocycles. The standard InChI is InChI=1S/C15H22BrNO2/c1-3-17(10-13-5-4-8-19-13)15-9-12(16)6-7-14(15)11(2)18/h6-7,9,11,13,18H,3-5,8,10H2,1-2H3. The molecule has 1 aliphatic heterocycles. The Morgan fingerprint density at radius 1 is 1.53 bits per heavy atom. The second-order valence-electron chi connectivity index (χ2n) is 5.05. The summed E-state index contributed by atoms with van der Waals surface area (Å²) in [6, 6.07) is 6.05. The Hall–Kier alpha value is -0.580. The highest BCUT2D eigenvalue weighted by Crippen LogP contribution is 2.30. The Labute approximate surface area is 123 Å². The minimum Gasteiger partial charge on any atom is -0.389 e. The fraction of sp³-hybridized carbons (Fsp3) is 0.600. The highest BCUT2D eigenvalue weighted by atomic mass is 79.9. The topological polar surface area (TPSA) is 32.7 Å². The van der Waals surface area contributed by atoms with Crippen molar-refractivity contribution in [3.8, 4) is 0 Å². The number of rotatable bonds is 5. The number of nitrogens with zero attached hydrogens (tertiary/aromatic N) is 1. The first-order valence-electron chi connectivity index (χ1n) is 6.96. The first-order valence-corrected chi connectivity index (χ1v) is 7.75. The first-order chi connectivity index (χ1) is 9.11. The van der Waals surface area contributed by atoms with E-state index in [1.807, 2.05) is 19.1 Å². The zero-order valence-electron chi connectivity index (χ0n) is 11.6. The summed E-state index contributed by atoms with van der Waals surface area (Å²) in [5.74, 6) is 0. The van der Waals surface area contributed by atoms with E-state index in [-0.39, 0.29) is 0 Å². The van der Waals surface area contributed by atoms with Crippen LogP contribution in [0.25, 0.3) is 0 Å². The zero-order valence-corrected chi connectivity index (χ0v) is 13.2. The second kappa shape index (κ2) is 6.73. The number of hydrogen-bond acceptors (Lipinski definition) is 3. The highest BCUT2D eigenvalue weighted by Gasteiger charge is 2.21. The number of hydrogen-bond donors (Lipinski definition) is 1. The van der Waals surface area contributed by atoms with Gasteiger partial charge in [-0.15, -0.1) is 0 Å². The Balaban J connectivity index is 2.22. The molecule has 0 spiro atoms. The maximum atomic E-state index is 9.93. The van der Waals surface area contributed by atoms with E-state index >= 15 is 0 Å². The van der Waals surface area contributed by atoms with E-state index in [9.17, 15) is 5.11 Å². The van der Waals surface area contributed by atoms with Crippen molar-refractivity contribution in [3.05, 3.63) is 28.2 Å². The van der Waals surface area contributed by atoms with Gasteiger partial charge in [0.2, 0.25) is 0 Å². The van der Waals surface area contributed by atoms with Crippen LogP contribution in [0.4, 0.5) is 5.69 Å². The molecule has 1 fully saturated rings. The van der Waals surface area contributed by atoms with Crippen molar-refractivity contribution in [2.24, 2.45) is 0 Å². The Bertz CT molecular complexity index is 417. The number of aliphatic hydroxyl groups excluding tert-OH is 1. The monoisotopic (exact) mass is 327 g/mol. The third-order valence-electron chi connectivity index (χ3n) is 3.61. The van der Waals surface area contributed by atoms with Crippen LogP contribution in [0.3, 0.4) is 0 Å². The van der Waals surface area contributed by atoms with Crippen LogP contribution in [0.5, 0.6) is 0 Å². The summed E-state index contributed by atoms with van der Waals surface area (Å²) in [6.07, 6.45) is 2.15. The van der Waals surface area contributed by atoms with Gasteiger partial charge in [-0.05, 0) is 38.8 Å². The van der Waals surface area contributed by atoms with E-state index in [1.165, 1.54) is 0 Å². The predicted octanol–water partition coefficient (Wildman–Crippen LogP) is 3.51. The third-order valence-corrected chi connectivity index (χ3v) is 4.11. The molecule has 4 heteroatoms. The molecule has 1 heterocycles. The number of anilines is 1. The minimum absolute atomic E-state index is 0.320. The van der Waals surface area contributed by atoms with E-state index in [0.717, 1.165) is 48.3 Å². The summed E-state index contributed by atoms with van der Waals surface area (Å²) in [6.45, 7) is 6.64. The molecule has 3 nitrogen and oxygen atoms in total. The van der Waals surface area contributed by atoms with Crippen LogP contribution in [-0.2, 0) is 4.74 Å². The van der Waals surface area contributed by atoms with Crippen LogP contribution in [0, 0.1) is 0 Å². The maximum Gasteiger partial charge on any atom is 0.0782 e. The van der Waals surface area contributed by atoms with Gasteiger partial charge in [0, 0.05) is 35.4 Å². The van der Waals surface area contributed by atoms with Crippen molar-refractivity contribution >= 4 is 21.6 Å². The molecule has 106 valence electrons. The Morgan fingerprint density at radius 2 is 2.32 bits per heavy atom. The van der Waals surface area contributed by atoms with E-state index in [4.69, 9.17) is 4.74 Å². The van der Waals surface area contributed by atoms with E-state index < -0.39 is 6.10 Å². The van der Waals surface area contributed by atoms with Crippen LogP contribution >= 0.6 is 15.9 Å². The molecular weight excluding hydrogens is 306 g/mol. The van der Waals surface area contributed by atoms with E-state index in [0.29, 0.717) is 6.10 Å². The molecule has 1 N–H and O–H groups in total. The fourth-order valence-electron chi connectivity index (χ4n) is 2.58. The van der Waals surface area contributed by atoms with Gasteiger partial charge in [-0.25, -0.2) is 0 Å². The summed E-state index contributed by atoms with van der Waals surface area (Å²) in [5.41, 5.74) is 2.07. The summed E-state index contributed by atoms with van der Waals surface area (Å²) < 4.78 is 6.76. The van der Waals surface area contributed by atoms with Crippen LogP contribution in [0.1, 0.15) is 38.4 Å². The average Bonchev–Trinajstić information content (AvgIpc) is 2.88. The average molecular weight is 328 g/mol. The SMILES string of the molecule is CCN(CC1CCCO1)c1cc(Br)ccc1C(C)O. The van der Waals surface area contributed by atoms with Crippen molar-refractivity contribution < 1.29 is 9.84 Å². The molecule has 0 bridgehead atoms. The molecule has 0 aliphatic carbocycles. The second-order valence-corrected chi connectivity index (χ2v) is 5.97. The lowest BCUT2D eigenvalue weighted by molar-refractivity contribution is 0.115. The predicted molar refractivity (Wildman–Crippen MR) is 81.6 cm³/mol. The van der Waals surface area contributed by atoms with Gasteiger partial charge in [0.05, 0.1) is 12.2 Å². The molecule has 19 heavy (non-hydrogen) atoms. The van der Waals surface area contributed by atoms with E-state index in [2.05, 4.69) is 33.8 Å². The lowest BCUT2D eigenvalue weighted by atomic mass is 10.1. The van der Waals surface area contributed by atoms with Crippen LogP contribution < -0.4 is 4.90 Å². The fourth-order valence-corrected chi connectivity index (χ4v) is 2.92. The lowest BCUT2D eigenvalue weighted by Gasteiger charge is -2.29. The van der Waals surface area contributed by atoms with Gasteiger partial charge in [0.15, 0.2) is 0 Å². The Morgan fingerprint density at radius 3 is 2.89 bits per heavy atom. The summed E-state index contributed by atoms with van der Waals surface area (Å²) in [4.78, 5) is 2.29. The molecular formula is C15H22BrNO2. The molecule has 0 amide bonds. The van der Waals surface area contributed by atoms with Crippen molar-refractivity contribution in [1.82, 2.24) is 0 Å². The number of halogens is 1. The number of likely N-dealkylation sites (N-methyl/N-ethyl adjacent to an activating group) is 1. The first kappa shape index (κ1) is 14.8. The minimum atomic E-state index is -0.457. The van der Waals surface area contributed by atoms with Crippen molar-refractivity contribution in [2.75, 3.05) is 24.6 Å². The largest absolute Gasteiger partial charge is 0.389 e. The molecule has 0 saturated carbocycles. The Kier molecular flexibility index (Phi) is 5.25. The zero-order chi connectivity index (χ0) is 13.8. The van der Waals surface area contributed by atoms with Gasteiger partial charge in [0.1, 0.15) is 0 Å². The number of aliphatic hydroxyl groups is 1. The van der Waals surface area contributed by atoms with Gasteiger partial charge < -0.3 is 14.7 Å². The molecule has 2 atom stereocenters. The van der Waals surface area contributed by atoms with Gasteiger partial charge in [-0.3, -0.25) is 0 Å². The maximum absolute atomic E-state index is 9.93. The molecule has 0 radical (unpaired) electrons. The summed E-state index contributed by atoms with van der Waals surface area (Å²) in [7, 11) is 0. The third kappa shape index (κ3) is 3.71. The van der Waals surface area contributed by atoms with Crippen LogP contribution in [-0.4, -0.2) is 30.9 Å². The van der Waals surface area contributed by atoms with Crippen LogP contribution in [0.2, 0.25) is 0 Å². The van der Waals surface area contributed by atoms with Gasteiger partial charge in [-0.2, -0.15) is 0 Å². The van der Waals surface area contributed by atoms with Crippen molar-refractivity contribution in [1.29, 1.82) is 0 Å². The van der Waals surface area contributed by atoms with Crippen molar-refractivity contribution in [3.63, 3.8) is 0 Å². The summed E-state index contributed by atoms with van der Waals surface area (Å²) >= 11 is 3.52. The van der Waals surface area contributed by atoms with Gasteiger partial charge in [-0.1, -0.05) is 22.0 Å². The number of benzene rings is 1. The molecule has 0 aromatic heterocycles. The molecule has 1 aromatic rings. The van der Waals surface area contributed by atoms with Crippen molar-refractivity contribution in [2.45, 2.75) is 38.9 Å². The highest BCUT2D eigenvalue weighted by molar-refractivity contribution is 9.10. The summed E-state index contributed by atoms with van der Waals surface area (Å²) in [5, 5.41) is 9.93. The normalized spacial score (nSPS) is 20.5. The van der Waals surface area contributed by atoms with Gasteiger partial charge >= 0.3 is 0 Å².